The number of ether oxygens (including phenoxy) is 1. The number of alkyl halides is 3. The highest BCUT2D eigenvalue weighted by molar-refractivity contribution is 5.94. The van der Waals surface area contributed by atoms with Gasteiger partial charge in [-0.2, -0.15) is 0 Å². The van der Waals surface area contributed by atoms with Crippen LogP contribution in [0.2, 0.25) is 0 Å². The summed E-state index contributed by atoms with van der Waals surface area (Å²) in [6.07, 6.45) is -4.05. The van der Waals surface area contributed by atoms with Crippen LogP contribution in [0.5, 0.6) is 5.75 Å². The number of primary amides is 1. The molecule has 1 aromatic rings. The number of rotatable bonds is 4. The second kappa shape index (κ2) is 6.46. The summed E-state index contributed by atoms with van der Waals surface area (Å²) in [6, 6.07) is 4.36. The Morgan fingerprint density at radius 3 is 2.35 bits per heavy atom. The van der Waals surface area contributed by atoms with Gasteiger partial charge in [-0.25, -0.2) is 0 Å². The monoisotopic (exact) mass is 372 g/mol. The minimum atomic E-state index is -4.80. The molecular weight excluding hydrogens is 353 g/mol. The average Bonchev–Trinajstić information content (AvgIpc) is 3.00. The van der Waals surface area contributed by atoms with E-state index < -0.39 is 29.8 Å². The molecule has 0 radical (unpaired) electrons. The number of likely N-dealkylation sites (tertiary alicyclic amines) is 1. The molecule has 1 aromatic carbocycles. The maximum atomic E-state index is 13.1. The highest BCUT2D eigenvalue weighted by atomic mass is 19.4. The van der Waals surface area contributed by atoms with E-state index in [1.54, 1.807) is 0 Å². The standard InChI is InChI=1S/C17H19F3N2O4/c18-17(19,20)26-12-5-3-10(4-6-12)16(8-11(23)9-16)15(25)22-7-1-2-13(22)14(21)24/h3-6,11,13,23H,1-2,7-9H2,(H2,21,24). The molecule has 142 valence electrons. The summed E-state index contributed by atoms with van der Waals surface area (Å²) in [7, 11) is 0. The first-order valence-electron chi connectivity index (χ1n) is 8.27. The number of halogens is 3. The molecule has 1 saturated carbocycles. The second-order valence-corrected chi connectivity index (χ2v) is 6.78. The molecule has 3 rings (SSSR count). The molecule has 1 heterocycles. The maximum absolute atomic E-state index is 13.1. The van der Waals surface area contributed by atoms with Crippen molar-refractivity contribution in [3.8, 4) is 5.75 Å². The van der Waals surface area contributed by atoms with Crippen LogP contribution in [0, 0.1) is 0 Å². The van der Waals surface area contributed by atoms with Gasteiger partial charge in [-0.3, -0.25) is 9.59 Å². The molecule has 9 heteroatoms. The van der Waals surface area contributed by atoms with E-state index in [-0.39, 0.29) is 24.5 Å². The molecule has 6 nitrogen and oxygen atoms in total. The van der Waals surface area contributed by atoms with Gasteiger partial charge in [0.05, 0.1) is 11.5 Å². The van der Waals surface area contributed by atoms with Crippen molar-refractivity contribution in [2.24, 2.45) is 5.73 Å². The third kappa shape index (κ3) is 3.35. The van der Waals surface area contributed by atoms with E-state index in [0.29, 0.717) is 24.9 Å². The molecule has 3 N–H and O–H groups in total. The highest BCUT2D eigenvalue weighted by Crippen LogP contribution is 2.46. The van der Waals surface area contributed by atoms with Gasteiger partial charge in [-0.1, -0.05) is 12.1 Å². The Kier molecular flexibility index (Phi) is 4.60. The molecular formula is C17H19F3N2O4. The molecule has 0 spiro atoms. The van der Waals surface area contributed by atoms with Crippen LogP contribution >= 0.6 is 0 Å². The van der Waals surface area contributed by atoms with Gasteiger partial charge in [0.25, 0.3) is 0 Å². The number of aliphatic hydroxyl groups is 1. The minimum absolute atomic E-state index is 0.146. The van der Waals surface area contributed by atoms with E-state index in [4.69, 9.17) is 5.73 Å². The zero-order valence-electron chi connectivity index (χ0n) is 13.8. The van der Waals surface area contributed by atoms with E-state index in [9.17, 15) is 27.9 Å². The van der Waals surface area contributed by atoms with Crippen LogP contribution in [-0.2, 0) is 15.0 Å². The number of carbonyl (C=O) groups excluding carboxylic acids is 2. The van der Waals surface area contributed by atoms with Gasteiger partial charge >= 0.3 is 6.36 Å². The number of amides is 2. The van der Waals surface area contributed by atoms with Crippen molar-refractivity contribution >= 4 is 11.8 Å². The van der Waals surface area contributed by atoms with E-state index in [1.807, 2.05) is 0 Å². The number of hydrogen-bond acceptors (Lipinski definition) is 4. The third-order valence-electron chi connectivity index (χ3n) is 5.06. The van der Waals surface area contributed by atoms with Crippen LogP contribution in [0.1, 0.15) is 31.2 Å². The van der Waals surface area contributed by atoms with Crippen LogP contribution in [0.15, 0.2) is 24.3 Å². The molecule has 2 aliphatic rings. The summed E-state index contributed by atoms with van der Waals surface area (Å²) in [6.45, 7) is 0.388. The molecule has 26 heavy (non-hydrogen) atoms. The van der Waals surface area contributed by atoms with Crippen LogP contribution in [0.3, 0.4) is 0 Å². The zero-order valence-corrected chi connectivity index (χ0v) is 13.8. The quantitative estimate of drug-likeness (QED) is 0.837. The predicted octanol–water partition coefficient (Wildman–Crippen LogP) is 1.45. The van der Waals surface area contributed by atoms with Gasteiger partial charge < -0.3 is 20.5 Å². The number of hydrogen-bond donors (Lipinski definition) is 2. The third-order valence-corrected chi connectivity index (χ3v) is 5.06. The molecule has 0 aromatic heterocycles. The van der Waals surface area contributed by atoms with Gasteiger partial charge in [0, 0.05) is 6.54 Å². The fourth-order valence-electron chi connectivity index (χ4n) is 3.83. The van der Waals surface area contributed by atoms with Crippen molar-refractivity contribution < 1.29 is 32.6 Å². The van der Waals surface area contributed by atoms with Crippen LogP contribution in [0.25, 0.3) is 0 Å². The lowest BCUT2D eigenvalue weighted by Gasteiger charge is -2.47. The first-order valence-corrected chi connectivity index (χ1v) is 8.27. The van der Waals surface area contributed by atoms with E-state index in [1.165, 1.54) is 17.0 Å². The molecule has 1 atom stereocenters. The summed E-state index contributed by atoms with van der Waals surface area (Å²) in [5.41, 5.74) is 4.79. The lowest BCUT2D eigenvalue weighted by molar-refractivity contribution is -0.274. The Balaban J connectivity index is 1.86. The number of carbonyl (C=O) groups is 2. The normalized spacial score (nSPS) is 28.5. The number of aliphatic hydroxyl groups excluding tert-OH is 1. The predicted molar refractivity (Wildman–Crippen MR) is 84.0 cm³/mol. The zero-order chi connectivity index (χ0) is 19.1. The Labute approximate surface area is 147 Å². The summed E-state index contributed by atoms with van der Waals surface area (Å²) in [5.74, 6) is -1.30. The van der Waals surface area contributed by atoms with Gasteiger partial charge in [-0.05, 0) is 43.4 Å². The largest absolute Gasteiger partial charge is 0.573 e. The topological polar surface area (TPSA) is 92.9 Å². The maximum Gasteiger partial charge on any atom is 0.573 e. The number of nitrogens with two attached hydrogens (primary N) is 1. The van der Waals surface area contributed by atoms with Crippen molar-refractivity contribution in [1.29, 1.82) is 0 Å². The number of nitrogens with zero attached hydrogens (tertiary/aromatic N) is 1. The molecule has 1 aliphatic carbocycles. The van der Waals surface area contributed by atoms with Crippen molar-refractivity contribution in [1.82, 2.24) is 4.90 Å². The SMILES string of the molecule is NC(=O)C1CCCN1C(=O)C1(c2ccc(OC(F)(F)F)cc2)CC(O)C1. The van der Waals surface area contributed by atoms with Crippen molar-refractivity contribution in [3.05, 3.63) is 29.8 Å². The average molecular weight is 372 g/mol. The first-order chi connectivity index (χ1) is 12.1. The van der Waals surface area contributed by atoms with Crippen molar-refractivity contribution in [2.75, 3.05) is 6.54 Å². The van der Waals surface area contributed by atoms with Gasteiger partial charge in [0.15, 0.2) is 0 Å². The summed E-state index contributed by atoms with van der Waals surface area (Å²) in [4.78, 5) is 26.1. The van der Waals surface area contributed by atoms with Gasteiger partial charge in [-0.15, -0.1) is 13.2 Å². The molecule has 0 bridgehead atoms. The van der Waals surface area contributed by atoms with Crippen molar-refractivity contribution in [3.63, 3.8) is 0 Å². The smallest absolute Gasteiger partial charge is 0.406 e. The fraction of sp³-hybridized carbons (Fsp3) is 0.529. The second-order valence-electron chi connectivity index (χ2n) is 6.78. The minimum Gasteiger partial charge on any atom is -0.406 e. The molecule has 2 fully saturated rings. The lowest BCUT2D eigenvalue weighted by atomic mass is 9.61. The number of benzene rings is 1. The molecule has 1 saturated heterocycles. The van der Waals surface area contributed by atoms with Crippen LogP contribution in [0.4, 0.5) is 13.2 Å². The van der Waals surface area contributed by atoms with E-state index in [0.717, 1.165) is 12.1 Å². The lowest BCUT2D eigenvalue weighted by Crippen LogP contribution is -2.58. The molecule has 2 amide bonds. The van der Waals surface area contributed by atoms with Crippen LogP contribution in [-0.4, -0.2) is 46.9 Å². The Bertz CT molecular complexity index is 699. The molecule has 1 aliphatic heterocycles. The van der Waals surface area contributed by atoms with E-state index >= 15 is 0 Å². The molecule has 1 unspecified atom stereocenters. The fourth-order valence-corrected chi connectivity index (χ4v) is 3.83. The summed E-state index contributed by atoms with van der Waals surface area (Å²) >= 11 is 0. The Hall–Kier alpha value is -2.29. The van der Waals surface area contributed by atoms with Crippen LogP contribution < -0.4 is 10.5 Å². The Morgan fingerprint density at radius 1 is 1.23 bits per heavy atom. The van der Waals surface area contributed by atoms with Gasteiger partial charge in [0.1, 0.15) is 11.8 Å². The first kappa shape index (κ1) is 18.5. The highest BCUT2D eigenvalue weighted by Gasteiger charge is 2.54. The van der Waals surface area contributed by atoms with Gasteiger partial charge in [0.2, 0.25) is 11.8 Å². The summed E-state index contributed by atoms with van der Waals surface area (Å²) < 4.78 is 40.7. The van der Waals surface area contributed by atoms with E-state index in [2.05, 4.69) is 4.74 Å². The summed E-state index contributed by atoms with van der Waals surface area (Å²) in [5, 5.41) is 9.78. The van der Waals surface area contributed by atoms with Crippen molar-refractivity contribution in [2.45, 2.75) is 49.6 Å². The Morgan fingerprint density at radius 2 is 1.85 bits per heavy atom.